The van der Waals surface area contributed by atoms with Crippen molar-refractivity contribution in [3.8, 4) is 0 Å². The lowest BCUT2D eigenvalue weighted by Gasteiger charge is -2.39. The zero-order valence-corrected chi connectivity index (χ0v) is 26.3. The summed E-state index contributed by atoms with van der Waals surface area (Å²) in [6, 6.07) is 15.6. The summed E-state index contributed by atoms with van der Waals surface area (Å²) in [5, 5.41) is 3.06. The van der Waals surface area contributed by atoms with E-state index in [2.05, 4.69) is 26.1 Å². The Morgan fingerprint density at radius 3 is 2.24 bits per heavy atom. The number of nitrogens with zero attached hydrogens (tertiary/aromatic N) is 3. The predicted octanol–water partition coefficient (Wildman–Crippen LogP) is 5.67. The van der Waals surface area contributed by atoms with E-state index in [0.29, 0.717) is 57.8 Å². The molecule has 1 aliphatic rings. The second kappa shape index (κ2) is 15.4. The molecular weight excluding hydrogens is 536 g/mol. The van der Waals surface area contributed by atoms with Crippen molar-refractivity contribution in [2.75, 3.05) is 37.2 Å². The zero-order valence-electron chi connectivity index (χ0n) is 25.4. The number of para-hydroxylation sites is 1. The van der Waals surface area contributed by atoms with E-state index in [9.17, 15) is 18.0 Å². The van der Waals surface area contributed by atoms with Gasteiger partial charge < -0.3 is 15.1 Å². The van der Waals surface area contributed by atoms with Crippen molar-refractivity contribution >= 4 is 27.6 Å². The lowest BCUT2D eigenvalue weighted by atomic mass is 10.0. The van der Waals surface area contributed by atoms with Crippen molar-refractivity contribution in [1.29, 1.82) is 0 Å². The Morgan fingerprint density at radius 2 is 1.63 bits per heavy atom. The van der Waals surface area contributed by atoms with Crippen LogP contribution in [-0.2, 0) is 27.8 Å². The number of nitrogens with one attached hydrogen (secondary N) is 1. The van der Waals surface area contributed by atoms with E-state index in [1.807, 2.05) is 67.3 Å². The maximum atomic E-state index is 13.9. The van der Waals surface area contributed by atoms with E-state index in [1.165, 1.54) is 4.31 Å². The SMILES string of the molecule is CCCS(=O)(=O)N(CCC(C)C)CC(=O)N(Cc1ccccc1C)C1CCN(C(=O)Nc2ccccc2CC)CC1. The van der Waals surface area contributed by atoms with Crippen LogP contribution >= 0.6 is 0 Å². The molecule has 3 amide bonds. The summed E-state index contributed by atoms with van der Waals surface area (Å²) in [4.78, 5) is 30.7. The van der Waals surface area contributed by atoms with Gasteiger partial charge in [-0.1, -0.05) is 70.2 Å². The van der Waals surface area contributed by atoms with E-state index in [1.54, 1.807) is 4.90 Å². The molecule has 2 aromatic rings. The molecule has 226 valence electrons. The third-order valence-electron chi connectivity index (χ3n) is 7.88. The molecule has 1 heterocycles. The first-order valence-electron chi connectivity index (χ1n) is 15.0. The van der Waals surface area contributed by atoms with E-state index in [-0.39, 0.29) is 30.3 Å². The van der Waals surface area contributed by atoms with Crippen molar-refractivity contribution in [2.45, 2.75) is 79.3 Å². The van der Waals surface area contributed by atoms with E-state index in [4.69, 9.17) is 0 Å². The van der Waals surface area contributed by atoms with Crippen LogP contribution in [0.4, 0.5) is 10.5 Å². The number of carbonyl (C=O) groups is 2. The fraction of sp³-hybridized carbons (Fsp3) is 0.562. The highest BCUT2D eigenvalue weighted by molar-refractivity contribution is 7.89. The van der Waals surface area contributed by atoms with Gasteiger partial charge in [-0.25, -0.2) is 13.2 Å². The highest BCUT2D eigenvalue weighted by Gasteiger charge is 2.33. The van der Waals surface area contributed by atoms with Gasteiger partial charge in [0.25, 0.3) is 0 Å². The third kappa shape index (κ3) is 9.30. The first kappa shape index (κ1) is 32.6. The van der Waals surface area contributed by atoms with Crippen LogP contribution in [0.25, 0.3) is 0 Å². The van der Waals surface area contributed by atoms with Crippen LogP contribution in [0.5, 0.6) is 0 Å². The number of hydrogen-bond donors (Lipinski definition) is 1. The Balaban J connectivity index is 1.76. The molecule has 0 saturated carbocycles. The molecule has 8 nitrogen and oxygen atoms in total. The van der Waals surface area contributed by atoms with E-state index < -0.39 is 10.0 Å². The van der Waals surface area contributed by atoms with Crippen LogP contribution in [0.3, 0.4) is 0 Å². The Hall–Kier alpha value is -2.91. The Kier molecular flexibility index (Phi) is 12.2. The van der Waals surface area contributed by atoms with Crippen molar-refractivity contribution in [2.24, 2.45) is 5.92 Å². The van der Waals surface area contributed by atoms with Gasteiger partial charge in [0, 0.05) is 37.9 Å². The number of sulfonamides is 1. The summed E-state index contributed by atoms with van der Waals surface area (Å²) in [6.45, 7) is 11.7. The average Bonchev–Trinajstić information content (AvgIpc) is 2.94. The van der Waals surface area contributed by atoms with E-state index >= 15 is 0 Å². The molecule has 0 aromatic heterocycles. The zero-order chi connectivity index (χ0) is 30.0. The summed E-state index contributed by atoms with van der Waals surface area (Å²) in [6.07, 6.45) is 3.30. The molecule has 0 radical (unpaired) electrons. The monoisotopic (exact) mass is 584 g/mol. The minimum absolute atomic E-state index is 0.0326. The Labute approximate surface area is 247 Å². The van der Waals surface area contributed by atoms with Crippen molar-refractivity contribution in [3.63, 3.8) is 0 Å². The Morgan fingerprint density at radius 1 is 1.00 bits per heavy atom. The number of anilines is 1. The summed E-state index contributed by atoms with van der Waals surface area (Å²) in [5.74, 6) is 0.175. The van der Waals surface area contributed by atoms with Crippen LogP contribution in [0, 0.1) is 12.8 Å². The van der Waals surface area contributed by atoms with Crippen molar-refractivity contribution in [3.05, 3.63) is 65.2 Å². The molecule has 3 rings (SSSR count). The molecule has 41 heavy (non-hydrogen) atoms. The number of hydrogen-bond acceptors (Lipinski definition) is 4. The Bertz CT molecular complexity index is 1260. The molecule has 1 saturated heterocycles. The van der Waals surface area contributed by atoms with Gasteiger partial charge >= 0.3 is 6.03 Å². The van der Waals surface area contributed by atoms with Gasteiger partial charge in [0.2, 0.25) is 15.9 Å². The molecular formula is C32H48N4O4S. The number of aryl methyl sites for hydroxylation is 2. The molecule has 1 fully saturated rings. The minimum Gasteiger partial charge on any atom is -0.334 e. The van der Waals surface area contributed by atoms with Gasteiger partial charge in [0.15, 0.2) is 0 Å². The van der Waals surface area contributed by atoms with Gasteiger partial charge in [-0.2, -0.15) is 4.31 Å². The van der Waals surface area contributed by atoms with Crippen LogP contribution in [0.15, 0.2) is 48.5 Å². The third-order valence-corrected chi connectivity index (χ3v) is 9.90. The van der Waals surface area contributed by atoms with Crippen LogP contribution in [0.1, 0.15) is 70.1 Å². The minimum atomic E-state index is -3.54. The number of amides is 3. The summed E-state index contributed by atoms with van der Waals surface area (Å²) >= 11 is 0. The molecule has 0 bridgehead atoms. The smallest absolute Gasteiger partial charge is 0.321 e. The summed E-state index contributed by atoms with van der Waals surface area (Å²) in [5.41, 5.74) is 4.05. The van der Waals surface area contributed by atoms with Gasteiger partial charge in [0.05, 0.1) is 12.3 Å². The maximum absolute atomic E-state index is 13.9. The fourth-order valence-corrected chi connectivity index (χ4v) is 6.73. The number of rotatable bonds is 13. The molecule has 1 N–H and O–H groups in total. The first-order chi connectivity index (χ1) is 19.6. The number of carbonyl (C=O) groups excluding carboxylic acids is 2. The van der Waals surface area contributed by atoms with E-state index in [0.717, 1.165) is 28.8 Å². The average molecular weight is 585 g/mol. The normalized spacial score (nSPS) is 14.5. The van der Waals surface area contributed by atoms with Crippen LogP contribution in [-0.4, -0.2) is 72.4 Å². The number of piperidine rings is 1. The largest absolute Gasteiger partial charge is 0.334 e. The van der Waals surface area contributed by atoms with Gasteiger partial charge in [-0.05, 0) is 67.7 Å². The molecule has 1 aliphatic heterocycles. The number of likely N-dealkylation sites (tertiary alicyclic amines) is 1. The lowest BCUT2D eigenvalue weighted by molar-refractivity contribution is -0.135. The highest BCUT2D eigenvalue weighted by Crippen LogP contribution is 2.23. The van der Waals surface area contributed by atoms with Crippen LogP contribution in [0.2, 0.25) is 0 Å². The standard InChI is InChI=1S/C32H48N4O4S/c1-6-22-41(39,40)35(21-16-25(3)4)24-31(37)36(23-28-14-9-8-12-26(28)5)29-17-19-34(20-18-29)32(38)33-30-15-11-10-13-27(30)7-2/h8-15,25,29H,6-7,16-24H2,1-5H3,(H,33,38). The van der Waals surface area contributed by atoms with Gasteiger partial charge in [0.1, 0.15) is 0 Å². The van der Waals surface area contributed by atoms with Gasteiger partial charge in [-0.15, -0.1) is 0 Å². The quantitative estimate of drug-likeness (QED) is 0.329. The van der Waals surface area contributed by atoms with Crippen molar-refractivity contribution in [1.82, 2.24) is 14.1 Å². The molecule has 2 aromatic carbocycles. The fourth-order valence-electron chi connectivity index (χ4n) is 5.26. The molecule has 0 atom stereocenters. The maximum Gasteiger partial charge on any atom is 0.321 e. The molecule has 0 spiro atoms. The molecule has 0 aliphatic carbocycles. The summed E-state index contributed by atoms with van der Waals surface area (Å²) < 4.78 is 27.6. The van der Waals surface area contributed by atoms with Crippen molar-refractivity contribution < 1.29 is 18.0 Å². The molecule has 0 unspecified atom stereocenters. The second-order valence-corrected chi connectivity index (χ2v) is 13.5. The highest BCUT2D eigenvalue weighted by atomic mass is 32.2. The number of benzene rings is 2. The van der Waals surface area contributed by atoms with Gasteiger partial charge in [-0.3, -0.25) is 4.79 Å². The lowest BCUT2D eigenvalue weighted by Crippen LogP contribution is -2.52. The first-order valence-corrected chi connectivity index (χ1v) is 16.6. The topological polar surface area (TPSA) is 90.0 Å². The number of urea groups is 1. The van der Waals surface area contributed by atoms with Crippen LogP contribution < -0.4 is 5.32 Å². The summed E-state index contributed by atoms with van der Waals surface area (Å²) in [7, 11) is -3.54. The predicted molar refractivity (Wildman–Crippen MR) is 166 cm³/mol. The molecule has 9 heteroatoms. The second-order valence-electron chi connectivity index (χ2n) is 11.4.